The van der Waals surface area contributed by atoms with E-state index in [2.05, 4.69) is 30.6 Å². The van der Waals surface area contributed by atoms with Crippen molar-refractivity contribution in [1.82, 2.24) is 4.90 Å². The second kappa shape index (κ2) is 7.40. The van der Waals surface area contributed by atoms with Gasteiger partial charge in [-0.05, 0) is 33.7 Å². The first-order chi connectivity index (χ1) is 6.57. The molecule has 80 valence electrons. The van der Waals surface area contributed by atoms with E-state index in [4.69, 9.17) is 5.11 Å². The number of aliphatic carboxylic acids is 1. The number of nitrogens with zero attached hydrogens (tertiary/aromatic N) is 1. The summed E-state index contributed by atoms with van der Waals surface area (Å²) in [5, 5.41) is 8.49. The topological polar surface area (TPSA) is 40.5 Å². The molecule has 0 aromatic heterocycles. The van der Waals surface area contributed by atoms with E-state index >= 15 is 0 Å². The highest BCUT2D eigenvalue weighted by molar-refractivity contribution is 5.66. The molecule has 1 N–H and O–H groups in total. The molecule has 3 heteroatoms. The van der Waals surface area contributed by atoms with Crippen molar-refractivity contribution in [3.05, 3.63) is 0 Å². The zero-order valence-electron chi connectivity index (χ0n) is 9.21. The molecule has 0 aliphatic carbocycles. The van der Waals surface area contributed by atoms with Gasteiger partial charge >= 0.3 is 5.97 Å². The highest BCUT2D eigenvalue weighted by Gasteiger charge is 2.08. The van der Waals surface area contributed by atoms with Crippen molar-refractivity contribution >= 4 is 5.97 Å². The number of hydrogen-bond donors (Lipinski definition) is 1. The van der Waals surface area contributed by atoms with Gasteiger partial charge in [0.05, 0.1) is 6.54 Å². The van der Waals surface area contributed by atoms with E-state index in [1.807, 2.05) is 6.92 Å². The fourth-order valence-corrected chi connectivity index (χ4v) is 1.13. The average Bonchev–Trinajstić information content (AvgIpc) is 2.09. The molecular weight excluding hydrogens is 178 g/mol. The van der Waals surface area contributed by atoms with Crippen molar-refractivity contribution < 1.29 is 9.90 Å². The molecular formula is C11H19NO2. The Bertz CT molecular complexity index is 225. The van der Waals surface area contributed by atoms with Crippen molar-refractivity contribution in [2.75, 3.05) is 13.1 Å². The number of hydrogen-bond acceptors (Lipinski definition) is 2. The summed E-state index contributed by atoms with van der Waals surface area (Å²) in [5.74, 6) is 5.11. The third-order valence-corrected chi connectivity index (χ3v) is 2.03. The number of rotatable bonds is 6. The molecule has 0 aliphatic rings. The van der Waals surface area contributed by atoms with E-state index in [1.165, 1.54) is 0 Å². The summed E-state index contributed by atoms with van der Waals surface area (Å²) in [7, 11) is 0. The predicted molar refractivity (Wildman–Crippen MR) is 57.0 cm³/mol. The molecule has 0 saturated carbocycles. The number of carboxylic acid groups (broad SMARTS) is 1. The van der Waals surface area contributed by atoms with Crippen LogP contribution in [0.1, 0.15) is 33.6 Å². The van der Waals surface area contributed by atoms with Gasteiger partial charge in [0.1, 0.15) is 0 Å². The summed E-state index contributed by atoms with van der Waals surface area (Å²) in [6, 6.07) is 0.421. The van der Waals surface area contributed by atoms with Gasteiger partial charge < -0.3 is 5.11 Å². The zero-order valence-corrected chi connectivity index (χ0v) is 9.21. The minimum atomic E-state index is -0.727. The summed E-state index contributed by atoms with van der Waals surface area (Å²) >= 11 is 0. The molecule has 0 saturated heterocycles. The molecule has 0 fully saturated rings. The summed E-state index contributed by atoms with van der Waals surface area (Å²) in [6.45, 7) is 7.54. The van der Waals surface area contributed by atoms with Crippen molar-refractivity contribution in [3.8, 4) is 11.8 Å². The van der Waals surface area contributed by atoms with E-state index < -0.39 is 5.97 Å². The Kier molecular flexibility index (Phi) is 6.87. The standard InChI is InChI=1S/C11H19NO2/c1-4-5-8-12(10(2)3)9-6-7-11(13)14/h10H,6-9H2,1-3H3,(H,13,14). The van der Waals surface area contributed by atoms with Gasteiger partial charge in [0.2, 0.25) is 0 Å². The molecule has 0 amide bonds. The van der Waals surface area contributed by atoms with Crippen LogP contribution in [0.4, 0.5) is 0 Å². The van der Waals surface area contributed by atoms with Crippen LogP contribution in [-0.2, 0) is 4.79 Å². The lowest BCUT2D eigenvalue weighted by atomic mass is 10.2. The summed E-state index contributed by atoms with van der Waals surface area (Å²) in [6.07, 6.45) is 0.932. The fraction of sp³-hybridized carbons (Fsp3) is 0.727. The van der Waals surface area contributed by atoms with Crippen LogP contribution in [0, 0.1) is 11.8 Å². The molecule has 0 rings (SSSR count). The van der Waals surface area contributed by atoms with Gasteiger partial charge in [0, 0.05) is 12.5 Å². The van der Waals surface area contributed by atoms with Gasteiger partial charge in [0.15, 0.2) is 0 Å². The van der Waals surface area contributed by atoms with E-state index in [0.717, 1.165) is 13.1 Å². The maximum Gasteiger partial charge on any atom is 0.303 e. The van der Waals surface area contributed by atoms with Gasteiger partial charge in [-0.25, -0.2) is 0 Å². The molecule has 0 radical (unpaired) electrons. The monoisotopic (exact) mass is 197 g/mol. The maximum atomic E-state index is 10.3. The Morgan fingerprint density at radius 2 is 2.14 bits per heavy atom. The maximum absolute atomic E-state index is 10.3. The van der Waals surface area contributed by atoms with E-state index in [9.17, 15) is 4.79 Å². The van der Waals surface area contributed by atoms with Gasteiger partial charge in [-0.15, -0.1) is 5.92 Å². The lowest BCUT2D eigenvalue weighted by Crippen LogP contribution is -2.32. The minimum Gasteiger partial charge on any atom is -0.481 e. The first-order valence-electron chi connectivity index (χ1n) is 4.93. The molecule has 0 spiro atoms. The summed E-state index contributed by atoms with van der Waals surface area (Å²) in [4.78, 5) is 12.5. The fourth-order valence-electron chi connectivity index (χ4n) is 1.13. The molecule has 0 heterocycles. The smallest absolute Gasteiger partial charge is 0.303 e. The van der Waals surface area contributed by atoms with Crippen molar-refractivity contribution in [3.63, 3.8) is 0 Å². The molecule has 0 unspecified atom stereocenters. The largest absolute Gasteiger partial charge is 0.481 e. The zero-order chi connectivity index (χ0) is 11.0. The molecule has 0 bridgehead atoms. The lowest BCUT2D eigenvalue weighted by molar-refractivity contribution is -0.137. The predicted octanol–water partition coefficient (Wildman–Crippen LogP) is 1.58. The molecule has 0 aromatic carbocycles. The number of carbonyl (C=O) groups is 1. The van der Waals surface area contributed by atoms with Crippen LogP contribution in [0.3, 0.4) is 0 Å². The summed E-state index contributed by atoms with van der Waals surface area (Å²) in [5.41, 5.74) is 0. The Morgan fingerprint density at radius 3 is 2.57 bits per heavy atom. The molecule has 14 heavy (non-hydrogen) atoms. The van der Waals surface area contributed by atoms with Gasteiger partial charge in [-0.2, -0.15) is 0 Å². The average molecular weight is 197 g/mol. The third-order valence-electron chi connectivity index (χ3n) is 2.03. The highest BCUT2D eigenvalue weighted by Crippen LogP contribution is 2.00. The molecule has 0 aliphatic heterocycles. The summed E-state index contributed by atoms with van der Waals surface area (Å²) < 4.78 is 0. The van der Waals surface area contributed by atoms with Crippen LogP contribution in [0.25, 0.3) is 0 Å². The second-order valence-electron chi connectivity index (χ2n) is 3.49. The number of carboxylic acids is 1. The van der Waals surface area contributed by atoms with Crippen LogP contribution in [0.15, 0.2) is 0 Å². The Morgan fingerprint density at radius 1 is 1.50 bits per heavy atom. The molecule has 0 atom stereocenters. The van der Waals surface area contributed by atoms with Crippen LogP contribution in [0.2, 0.25) is 0 Å². The van der Waals surface area contributed by atoms with Gasteiger partial charge in [-0.3, -0.25) is 9.69 Å². The quantitative estimate of drug-likeness (QED) is 0.657. The van der Waals surface area contributed by atoms with Crippen LogP contribution in [0.5, 0.6) is 0 Å². The van der Waals surface area contributed by atoms with Crippen molar-refractivity contribution in [1.29, 1.82) is 0 Å². The van der Waals surface area contributed by atoms with E-state index in [1.54, 1.807) is 0 Å². The van der Waals surface area contributed by atoms with Crippen molar-refractivity contribution in [2.45, 2.75) is 39.7 Å². The molecule has 0 aromatic rings. The van der Waals surface area contributed by atoms with Crippen LogP contribution >= 0.6 is 0 Å². The van der Waals surface area contributed by atoms with Gasteiger partial charge in [-0.1, -0.05) is 5.92 Å². The van der Waals surface area contributed by atoms with Crippen LogP contribution in [-0.4, -0.2) is 35.1 Å². The Balaban J connectivity index is 3.83. The lowest BCUT2D eigenvalue weighted by Gasteiger charge is -2.23. The van der Waals surface area contributed by atoms with E-state index in [0.29, 0.717) is 12.5 Å². The van der Waals surface area contributed by atoms with E-state index in [-0.39, 0.29) is 6.42 Å². The van der Waals surface area contributed by atoms with Gasteiger partial charge in [0.25, 0.3) is 0 Å². The molecule has 3 nitrogen and oxygen atoms in total. The normalized spacial score (nSPS) is 10.1. The SMILES string of the molecule is CC#CCN(CCCC(=O)O)C(C)C. The Labute approximate surface area is 86.1 Å². The Hall–Kier alpha value is -1.01. The second-order valence-corrected chi connectivity index (χ2v) is 3.49. The first-order valence-corrected chi connectivity index (χ1v) is 4.93. The first kappa shape index (κ1) is 13.0. The minimum absolute atomic E-state index is 0.239. The van der Waals surface area contributed by atoms with Crippen LogP contribution < -0.4 is 0 Å². The third kappa shape index (κ3) is 6.50. The van der Waals surface area contributed by atoms with Crippen molar-refractivity contribution in [2.24, 2.45) is 0 Å². The highest BCUT2D eigenvalue weighted by atomic mass is 16.4.